The van der Waals surface area contributed by atoms with Crippen LogP contribution < -0.4 is 4.72 Å². The molecule has 1 atom stereocenters. The van der Waals surface area contributed by atoms with Crippen LogP contribution in [0.1, 0.15) is 5.56 Å². The summed E-state index contributed by atoms with van der Waals surface area (Å²) in [7, 11) is -2.99. The average Bonchev–Trinajstić information content (AvgIpc) is 2.61. The fraction of sp³-hybridized carbons (Fsp3) is 0.188. The molecule has 0 unspecified atom stereocenters. The Morgan fingerprint density at radius 1 is 1.20 bits per heavy atom. The number of methoxy groups -OCH3 is 1. The number of esters is 1. The number of benzene rings is 2. The smallest absolute Gasteiger partial charge is 0.324 e. The third kappa shape index (κ3) is 4.85. The van der Waals surface area contributed by atoms with E-state index in [0.717, 1.165) is 18.7 Å². The monoisotopic (exact) mass is 364 g/mol. The van der Waals surface area contributed by atoms with Gasteiger partial charge in [-0.25, -0.2) is 8.42 Å². The van der Waals surface area contributed by atoms with Crippen LogP contribution in [0.25, 0.3) is 0 Å². The van der Waals surface area contributed by atoms with Gasteiger partial charge >= 0.3 is 5.97 Å². The van der Waals surface area contributed by atoms with Gasteiger partial charge in [0.25, 0.3) is 5.69 Å². The maximum Gasteiger partial charge on any atom is 0.324 e. The standard InChI is InChI=1S/C16H16N2O6S/c1-24-16(19)15(10-12-6-3-2-4-7-12)17-25(22,23)14-9-5-8-13(11-14)18(20)21/h2-9,11,15,17H,10H2,1H3/t15-/m1/s1. The van der Waals surface area contributed by atoms with Crippen LogP contribution >= 0.6 is 0 Å². The lowest BCUT2D eigenvalue weighted by Crippen LogP contribution is -2.42. The molecule has 2 aromatic carbocycles. The zero-order valence-electron chi connectivity index (χ0n) is 13.3. The summed E-state index contributed by atoms with van der Waals surface area (Å²) in [6, 6.07) is 12.2. The van der Waals surface area contributed by atoms with E-state index in [4.69, 9.17) is 0 Å². The van der Waals surface area contributed by atoms with Gasteiger partial charge in [-0.15, -0.1) is 0 Å². The number of non-ortho nitro benzene ring substituents is 1. The van der Waals surface area contributed by atoms with Crippen LogP contribution in [0.5, 0.6) is 0 Å². The minimum atomic E-state index is -4.15. The number of hydrogen-bond acceptors (Lipinski definition) is 6. The molecule has 0 aliphatic carbocycles. The molecule has 2 aromatic rings. The number of nitro benzene ring substituents is 1. The van der Waals surface area contributed by atoms with Crippen molar-refractivity contribution in [2.75, 3.05) is 7.11 Å². The molecule has 25 heavy (non-hydrogen) atoms. The highest BCUT2D eigenvalue weighted by Crippen LogP contribution is 2.18. The molecule has 0 heterocycles. The van der Waals surface area contributed by atoms with E-state index in [9.17, 15) is 23.3 Å². The molecule has 0 radical (unpaired) electrons. The van der Waals surface area contributed by atoms with Crippen LogP contribution in [0, 0.1) is 10.1 Å². The Labute approximate surface area is 144 Å². The van der Waals surface area contributed by atoms with E-state index in [1.807, 2.05) is 0 Å². The first-order valence-electron chi connectivity index (χ1n) is 7.22. The Morgan fingerprint density at radius 3 is 2.48 bits per heavy atom. The molecule has 2 rings (SSSR count). The van der Waals surface area contributed by atoms with Crippen molar-refractivity contribution >= 4 is 21.7 Å². The molecular weight excluding hydrogens is 348 g/mol. The average molecular weight is 364 g/mol. The van der Waals surface area contributed by atoms with Gasteiger partial charge in [-0.2, -0.15) is 4.72 Å². The minimum Gasteiger partial charge on any atom is -0.468 e. The molecule has 132 valence electrons. The summed E-state index contributed by atoms with van der Waals surface area (Å²) in [6.45, 7) is 0. The van der Waals surface area contributed by atoms with Crippen molar-refractivity contribution < 1.29 is 22.9 Å². The van der Waals surface area contributed by atoms with Gasteiger partial charge in [0.1, 0.15) is 6.04 Å². The van der Waals surface area contributed by atoms with Gasteiger partial charge in [0.15, 0.2) is 0 Å². The molecule has 0 aliphatic heterocycles. The van der Waals surface area contributed by atoms with Crippen molar-refractivity contribution in [2.24, 2.45) is 0 Å². The van der Waals surface area contributed by atoms with Crippen LogP contribution in [0.15, 0.2) is 59.5 Å². The van der Waals surface area contributed by atoms with Crippen LogP contribution in [0.2, 0.25) is 0 Å². The largest absolute Gasteiger partial charge is 0.468 e. The SMILES string of the molecule is COC(=O)[C@@H](Cc1ccccc1)NS(=O)(=O)c1cccc([N+](=O)[O-])c1. The Morgan fingerprint density at radius 2 is 1.88 bits per heavy atom. The molecule has 0 fully saturated rings. The van der Waals surface area contributed by atoms with Gasteiger partial charge in [-0.1, -0.05) is 36.4 Å². The number of carbonyl (C=O) groups excluding carboxylic acids is 1. The second-order valence-electron chi connectivity index (χ2n) is 5.14. The molecule has 0 aliphatic rings. The van der Waals surface area contributed by atoms with Crippen LogP contribution in [-0.4, -0.2) is 32.5 Å². The zero-order chi connectivity index (χ0) is 18.4. The molecule has 0 bridgehead atoms. The number of nitro groups is 1. The third-order valence-corrected chi connectivity index (χ3v) is 4.87. The van der Waals surface area contributed by atoms with E-state index in [2.05, 4.69) is 9.46 Å². The van der Waals surface area contributed by atoms with Crippen molar-refractivity contribution in [1.82, 2.24) is 4.72 Å². The van der Waals surface area contributed by atoms with E-state index in [1.54, 1.807) is 30.3 Å². The van der Waals surface area contributed by atoms with Crippen molar-refractivity contribution in [1.29, 1.82) is 0 Å². The van der Waals surface area contributed by atoms with Crippen molar-refractivity contribution in [3.63, 3.8) is 0 Å². The van der Waals surface area contributed by atoms with E-state index >= 15 is 0 Å². The molecular formula is C16H16N2O6S. The van der Waals surface area contributed by atoms with Crippen LogP contribution in [0.3, 0.4) is 0 Å². The normalized spacial score (nSPS) is 12.4. The van der Waals surface area contributed by atoms with Crippen molar-refractivity contribution in [3.8, 4) is 0 Å². The minimum absolute atomic E-state index is 0.0850. The first-order valence-corrected chi connectivity index (χ1v) is 8.70. The van der Waals surface area contributed by atoms with E-state index in [-0.39, 0.29) is 17.0 Å². The first-order chi connectivity index (χ1) is 11.8. The number of nitrogens with zero attached hydrogens (tertiary/aromatic N) is 1. The number of ether oxygens (including phenoxy) is 1. The molecule has 9 heteroatoms. The van der Waals surface area contributed by atoms with Gasteiger partial charge in [-0.3, -0.25) is 14.9 Å². The number of rotatable bonds is 7. The predicted octanol–water partition coefficient (Wildman–Crippen LogP) is 1.66. The molecule has 0 aromatic heterocycles. The van der Waals surface area contributed by atoms with Gasteiger partial charge in [0.05, 0.1) is 16.9 Å². The van der Waals surface area contributed by atoms with Crippen molar-refractivity contribution in [2.45, 2.75) is 17.4 Å². The molecule has 0 spiro atoms. The highest BCUT2D eigenvalue weighted by Gasteiger charge is 2.27. The van der Waals surface area contributed by atoms with Gasteiger partial charge in [0.2, 0.25) is 10.0 Å². The molecule has 0 saturated carbocycles. The van der Waals surface area contributed by atoms with Gasteiger partial charge in [-0.05, 0) is 18.1 Å². The second-order valence-corrected chi connectivity index (χ2v) is 6.86. The van der Waals surface area contributed by atoms with E-state index < -0.39 is 27.0 Å². The molecule has 8 nitrogen and oxygen atoms in total. The lowest BCUT2D eigenvalue weighted by Gasteiger charge is -2.16. The van der Waals surface area contributed by atoms with Crippen LogP contribution in [0.4, 0.5) is 5.69 Å². The first kappa shape index (κ1) is 18.6. The predicted molar refractivity (Wildman–Crippen MR) is 89.4 cm³/mol. The van der Waals surface area contributed by atoms with Crippen molar-refractivity contribution in [3.05, 3.63) is 70.3 Å². The van der Waals surface area contributed by atoms with Crippen LogP contribution in [-0.2, 0) is 26.0 Å². The summed E-state index contributed by atoms with van der Waals surface area (Å²) >= 11 is 0. The highest BCUT2D eigenvalue weighted by molar-refractivity contribution is 7.89. The number of hydrogen-bond donors (Lipinski definition) is 1. The Bertz CT molecular complexity index is 867. The van der Waals surface area contributed by atoms with Gasteiger partial charge in [0, 0.05) is 12.1 Å². The second kappa shape index (κ2) is 7.86. The maximum atomic E-state index is 12.5. The number of sulfonamides is 1. The highest BCUT2D eigenvalue weighted by atomic mass is 32.2. The van der Waals surface area contributed by atoms with E-state index in [1.165, 1.54) is 18.2 Å². The lowest BCUT2D eigenvalue weighted by atomic mass is 10.1. The zero-order valence-corrected chi connectivity index (χ0v) is 14.1. The quantitative estimate of drug-likeness (QED) is 0.454. The Kier molecular flexibility index (Phi) is 5.84. The third-order valence-electron chi connectivity index (χ3n) is 3.40. The summed E-state index contributed by atoms with van der Waals surface area (Å²) in [5, 5.41) is 10.8. The lowest BCUT2D eigenvalue weighted by molar-refractivity contribution is -0.385. The summed E-state index contributed by atoms with van der Waals surface area (Å²) < 4.78 is 31.9. The maximum absolute atomic E-state index is 12.5. The Balaban J connectivity index is 2.29. The summed E-state index contributed by atoms with van der Waals surface area (Å²) in [4.78, 5) is 21.8. The molecule has 0 amide bonds. The summed E-state index contributed by atoms with van der Waals surface area (Å²) in [5.74, 6) is -0.752. The summed E-state index contributed by atoms with van der Waals surface area (Å²) in [6.07, 6.45) is 0.0850. The molecule has 0 saturated heterocycles. The number of nitrogens with one attached hydrogen (secondary N) is 1. The topological polar surface area (TPSA) is 116 Å². The fourth-order valence-corrected chi connectivity index (χ4v) is 3.41. The number of carbonyl (C=O) groups is 1. The summed E-state index contributed by atoms with van der Waals surface area (Å²) in [5.41, 5.74) is 0.375. The fourth-order valence-electron chi connectivity index (χ4n) is 2.18. The van der Waals surface area contributed by atoms with E-state index in [0.29, 0.717) is 0 Å². The van der Waals surface area contributed by atoms with Gasteiger partial charge < -0.3 is 4.74 Å². The Hall–Kier alpha value is -2.78. The molecule has 1 N–H and O–H groups in total.